The van der Waals surface area contributed by atoms with Crippen molar-refractivity contribution in [2.24, 2.45) is 5.92 Å². The van der Waals surface area contributed by atoms with E-state index in [9.17, 15) is 9.59 Å². The van der Waals surface area contributed by atoms with Crippen LogP contribution in [0.5, 0.6) is 0 Å². The van der Waals surface area contributed by atoms with E-state index in [2.05, 4.69) is 28.8 Å². The molecule has 5 rings (SSSR count). The third-order valence-corrected chi connectivity index (χ3v) is 6.52. The largest absolute Gasteiger partial charge is 0.373 e. The van der Waals surface area contributed by atoms with E-state index in [1.165, 1.54) is 0 Å². The summed E-state index contributed by atoms with van der Waals surface area (Å²) in [5, 5.41) is 4.95. The molecule has 2 fully saturated rings. The molecule has 8 heteroatoms. The zero-order valence-electron chi connectivity index (χ0n) is 18.1. The van der Waals surface area contributed by atoms with Gasteiger partial charge in [0, 0.05) is 32.7 Å². The summed E-state index contributed by atoms with van der Waals surface area (Å²) in [5.74, 6) is 0.530. The lowest BCUT2D eigenvalue weighted by molar-refractivity contribution is -0.0728. The molecule has 2 aromatic heterocycles. The third kappa shape index (κ3) is 3.85. The van der Waals surface area contributed by atoms with Crippen LogP contribution in [0.25, 0.3) is 16.6 Å². The number of hydrogen-bond donors (Lipinski definition) is 1. The van der Waals surface area contributed by atoms with Gasteiger partial charge < -0.3 is 14.6 Å². The number of fused-ring (bicyclic) bond motifs is 3. The number of likely N-dealkylation sites (tertiary alicyclic amines) is 1. The quantitative estimate of drug-likeness (QED) is 0.698. The van der Waals surface area contributed by atoms with Crippen LogP contribution in [0.3, 0.4) is 0 Å². The van der Waals surface area contributed by atoms with Crippen LogP contribution in [0.2, 0.25) is 0 Å². The van der Waals surface area contributed by atoms with E-state index >= 15 is 0 Å². The number of para-hydroxylation sites is 1. The Labute approximate surface area is 180 Å². The molecule has 1 amide bonds. The molecule has 4 heterocycles. The number of rotatable bonds is 3. The molecule has 0 radical (unpaired) electrons. The summed E-state index contributed by atoms with van der Waals surface area (Å²) in [7, 11) is 0. The number of H-pyrrole nitrogens is 1. The summed E-state index contributed by atoms with van der Waals surface area (Å²) in [6.07, 6.45) is 4.11. The lowest BCUT2D eigenvalue weighted by atomic mass is 9.95. The Morgan fingerprint density at radius 3 is 2.61 bits per heavy atom. The van der Waals surface area contributed by atoms with E-state index in [1.807, 2.05) is 23.1 Å². The maximum absolute atomic E-state index is 13.2. The van der Waals surface area contributed by atoms with Gasteiger partial charge in [0.2, 0.25) is 0 Å². The van der Waals surface area contributed by atoms with Gasteiger partial charge in [-0.3, -0.25) is 14.5 Å². The number of morpholine rings is 1. The second kappa shape index (κ2) is 8.09. The van der Waals surface area contributed by atoms with Gasteiger partial charge in [-0.25, -0.2) is 4.52 Å². The molecule has 0 bridgehead atoms. The van der Waals surface area contributed by atoms with Crippen molar-refractivity contribution in [3.8, 4) is 0 Å². The predicted octanol–water partition coefficient (Wildman–Crippen LogP) is 2.14. The third-order valence-electron chi connectivity index (χ3n) is 6.52. The van der Waals surface area contributed by atoms with Crippen LogP contribution in [-0.4, -0.2) is 75.2 Å². The Hall–Kier alpha value is -2.71. The van der Waals surface area contributed by atoms with Gasteiger partial charge in [0.15, 0.2) is 0 Å². The molecule has 2 aliphatic heterocycles. The molecule has 1 N–H and O–H groups in total. The maximum atomic E-state index is 13.2. The van der Waals surface area contributed by atoms with Crippen molar-refractivity contribution in [2.75, 3.05) is 32.7 Å². The number of ether oxygens (including phenoxy) is 1. The molecule has 1 aromatic carbocycles. The number of benzene rings is 1. The first-order chi connectivity index (χ1) is 15.0. The molecular formula is C23H29N5O3. The fraction of sp³-hybridized carbons (Fsp3) is 0.522. The molecule has 2 unspecified atom stereocenters. The highest BCUT2D eigenvalue weighted by Crippen LogP contribution is 2.23. The number of aromatic amines is 1. The van der Waals surface area contributed by atoms with Crippen LogP contribution >= 0.6 is 0 Å². The van der Waals surface area contributed by atoms with Crippen molar-refractivity contribution in [1.82, 2.24) is 24.4 Å². The van der Waals surface area contributed by atoms with Crippen molar-refractivity contribution in [3.05, 3.63) is 46.4 Å². The van der Waals surface area contributed by atoms with E-state index in [0.29, 0.717) is 28.0 Å². The average molecular weight is 424 g/mol. The lowest BCUT2D eigenvalue weighted by Gasteiger charge is -2.39. The molecule has 8 nitrogen and oxygen atoms in total. The van der Waals surface area contributed by atoms with Crippen LogP contribution < -0.4 is 5.56 Å². The standard InChI is InChI=1S/C23H29N5O3/c1-15-12-26(13-16(2)31-15)14-17-7-9-27(10-8-17)23(30)19-11-24-28-20-6-4-3-5-18(20)22(29)25-21(19)28/h3-6,11,15-17H,7-10,12-14H2,1-2H3,(H,25,29). The molecule has 31 heavy (non-hydrogen) atoms. The van der Waals surface area contributed by atoms with Crippen molar-refractivity contribution in [1.29, 1.82) is 0 Å². The number of carbonyl (C=O) groups is 1. The first-order valence-corrected chi connectivity index (χ1v) is 11.2. The molecule has 0 aliphatic carbocycles. The zero-order valence-corrected chi connectivity index (χ0v) is 18.1. The summed E-state index contributed by atoms with van der Waals surface area (Å²) in [4.78, 5) is 33.0. The first kappa shape index (κ1) is 20.2. The highest BCUT2D eigenvalue weighted by molar-refractivity contribution is 6.00. The molecule has 2 atom stereocenters. The van der Waals surface area contributed by atoms with E-state index in [4.69, 9.17) is 4.74 Å². The minimum Gasteiger partial charge on any atom is -0.373 e. The minimum atomic E-state index is -0.203. The van der Waals surface area contributed by atoms with Crippen molar-refractivity contribution >= 4 is 22.5 Å². The fourth-order valence-corrected chi connectivity index (χ4v) is 5.12. The van der Waals surface area contributed by atoms with Gasteiger partial charge in [0.05, 0.1) is 29.3 Å². The van der Waals surface area contributed by atoms with Crippen molar-refractivity contribution in [3.63, 3.8) is 0 Å². The Bertz CT molecular complexity index is 1150. The Morgan fingerprint density at radius 1 is 1.16 bits per heavy atom. The average Bonchev–Trinajstić information content (AvgIpc) is 3.17. The molecular weight excluding hydrogens is 394 g/mol. The Balaban J connectivity index is 1.29. The van der Waals surface area contributed by atoms with Gasteiger partial charge in [-0.1, -0.05) is 12.1 Å². The van der Waals surface area contributed by atoms with E-state index in [0.717, 1.165) is 45.6 Å². The minimum absolute atomic E-state index is 0.0620. The molecule has 0 saturated carbocycles. The second-order valence-corrected chi connectivity index (χ2v) is 9.00. The van der Waals surface area contributed by atoms with E-state index < -0.39 is 0 Å². The van der Waals surface area contributed by atoms with E-state index in [-0.39, 0.29) is 23.7 Å². The van der Waals surface area contributed by atoms with Crippen molar-refractivity contribution < 1.29 is 9.53 Å². The van der Waals surface area contributed by atoms with Gasteiger partial charge in [-0.05, 0) is 44.7 Å². The molecule has 2 aliphatic rings. The number of hydrogen-bond acceptors (Lipinski definition) is 5. The van der Waals surface area contributed by atoms with E-state index in [1.54, 1.807) is 16.8 Å². The van der Waals surface area contributed by atoms with Crippen LogP contribution in [0.4, 0.5) is 0 Å². The van der Waals surface area contributed by atoms with Gasteiger partial charge in [-0.15, -0.1) is 0 Å². The number of aromatic nitrogens is 3. The fourth-order valence-electron chi connectivity index (χ4n) is 5.12. The Kier molecular flexibility index (Phi) is 5.27. The van der Waals surface area contributed by atoms with Crippen LogP contribution in [0.1, 0.15) is 37.0 Å². The molecule has 164 valence electrons. The van der Waals surface area contributed by atoms with Gasteiger partial charge in [0.25, 0.3) is 11.5 Å². The summed E-state index contributed by atoms with van der Waals surface area (Å²) in [5.41, 5.74) is 1.42. The van der Waals surface area contributed by atoms with Crippen LogP contribution in [-0.2, 0) is 4.74 Å². The van der Waals surface area contributed by atoms with Gasteiger partial charge >= 0.3 is 0 Å². The number of piperidine rings is 1. The SMILES string of the molecule is CC1CN(CC2CCN(C(=O)c3cnn4c3[nH]c(=O)c3ccccc34)CC2)CC(C)O1. The Morgan fingerprint density at radius 2 is 1.87 bits per heavy atom. The number of nitrogens with zero attached hydrogens (tertiary/aromatic N) is 4. The van der Waals surface area contributed by atoms with Crippen molar-refractivity contribution in [2.45, 2.75) is 38.9 Å². The smallest absolute Gasteiger partial charge is 0.259 e. The summed E-state index contributed by atoms with van der Waals surface area (Å²) in [6.45, 7) is 8.75. The molecule has 0 spiro atoms. The highest BCUT2D eigenvalue weighted by Gasteiger charge is 2.29. The number of amides is 1. The first-order valence-electron chi connectivity index (χ1n) is 11.2. The predicted molar refractivity (Wildman–Crippen MR) is 118 cm³/mol. The lowest BCUT2D eigenvalue weighted by Crippen LogP contribution is -2.48. The maximum Gasteiger partial charge on any atom is 0.259 e. The molecule has 2 saturated heterocycles. The summed E-state index contributed by atoms with van der Waals surface area (Å²) < 4.78 is 7.49. The topological polar surface area (TPSA) is 82.9 Å². The summed E-state index contributed by atoms with van der Waals surface area (Å²) >= 11 is 0. The monoisotopic (exact) mass is 423 g/mol. The van der Waals surface area contributed by atoms with Crippen LogP contribution in [0, 0.1) is 5.92 Å². The highest BCUT2D eigenvalue weighted by atomic mass is 16.5. The van der Waals surface area contributed by atoms with Gasteiger partial charge in [-0.2, -0.15) is 5.10 Å². The second-order valence-electron chi connectivity index (χ2n) is 9.00. The number of carbonyl (C=O) groups excluding carboxylic acids is 1. The zero-order chi connectivity index (χ0) is 21.5. The normalized spacial score (nSPS) is 23.6. The summed E-state index contributed by atoms with van der Waals surface area (Å²) in [6, 6.07) is 7.29. The number of nitrogens with one attached hydrogen (secondary N) is 1. The van der Waals surface area contributed by atoms with Crippen LogP contribution in [0.15, 0.2) is 35.3 Å². The molecule has 3 aromatic rings. The van der Waals surface area contributed by atoms with Gasteiger partial charge in [0.1, 0.15) is 11.2 Å².